The van der Waals surface area contributed by atoms with E-state index in [4.69, 9.17) is 14.2 Å². The summed E-state index contributed by atoms with van der Waals surface area (Å²) in [6.07, 6.45) is 1.18. The number of hydrogen-bond acceptors (Lipinski definition) is 5. The molecule has 0 atom stereocenters. The molecule has 0 bridgehead atoms. The number of carbonyl (C=O) groups is 1. The molecule has 0 unspecified atom stereocenters. The van der Waals surface area contributed by atoms with Gasteiger partial charge in [0.25, 0.3) is 0 Å². The van der Waals surface area contributed by atoms with E-state index in [2.05, 4.69) is 0 Å². The first-order chi connectivity index (χ1) is 10.7. The summed E-state index contributed by atoms with van der Waals surface area (Å²) < 4.78 is 15.5. The second-order valence-electron chi connectivity index (χ2n) is 4.69. The Morgan fingerprint density at radius 2 is 1.77 bits per heavy atom. The smallest absolute Gasteiger partial charge is 0.231 e. The predicted octanol–water partition coefficient (Wildman–Crippen LogP) is 3.21. The minimum atomic E-state index is -0.294. The second-order valence-corrected chi connectivity index (χ2v) is 4.69. The number of allylic oxidation sites excluding steroid dienone is 1. The maximum atomic E-state index is 12.1. The molecule has 1 aliphatic heterocycles. The lowest BCUT2D eigenvalue weighted by molar-refractivity contribution is 0.104. The lowest BCUT2D eigenvalue weighted by Crippen LogP contribution is -1.97. The lowest BCUT2D eigenvalue weighted by atomic mass is 10.1. The van der Waals surface area contributed by atoms with E-state index in [-0.39, 0.29) is 18.3 Å². The van der Waals surface area contributed by atoms with Gasteiger partial charge in [-0.1, -0.05) is 0 Å². The molecule has 0 spiro atoms. The Hall–Kier alpha value is -2.95. The number of rotatable bonds is 4. The number of benzene rings is 2. The molecule has 1 aliphatic rings. The molecule has 0 aliphatic carbocycles. The number of carbonyl (C=O) groups excluding carboxylic acids is 1. The van der Waals surface area contributed by atoms with E-state index in [1.165, 1.54) is 6.08 Å². The van der Waals surface area contributed by atoms with Crippen LogP contribution in [0, 0.1) is 0 Å². The fourth-order valence-corrected chi connectivity index (χ4v) is 2.10. The number of ether oxygens (including phenoxy) is 3. The molecule has 0 aromatic heterocycles. The van der Waals surface area contributed by atoms with Gasteiger partial charge in [-0.3, -0.25) is 4.79 Å². The van der Waals surface area contributed by atoms with Crippen molar-refractivity contribution < 1.29 is 24.1 Å². The first-order valence-electron chi connectivity index (χ1n) is 6.66. The van der Waals surface area contributed by atoms with Crippen molar-refractivity contribution in [1.29, 1.82) is 0 Å². The molecule has 22 heavy (non-hydrogen) atoms. The minimum absolute atomic E-state index is 0.126. The largest absolute Gasteiger partial charge is 0.507 e. The van der Waals surface area contributed by atoms with Crippen LogP contribution in [-0.4, -0.2) is 24.8 Å². The summed E-state index contributed by atoms with van der Waals surface area (Å²) in [4.78, 5) is 12.1. The van der Waals surface area contributed by atoms with Crippen molar-refractivity contribution in [1.82, 2.24) is 0 Å². The number of methoxy groups -OCH3 is 1. The Morgan fingerprint density at radius 1 is 1.09 bits per heavy atom. The average molecular weight is 298 g/mol. The molecular weight excluding hydrogens is 284 g/mol. The molecule has 2 aromatic carbocycles. The summed E-state index contributed by atoms with van der Waals surface area (Å²) in [5.74, 6) is 1.42. The van der Waals surface area contributed by atoms with E-state index in [0.29, 0.717) is 28.4 Å². The van der Waals surface area contributed by atoms with E-state index in [1.54, 1.807) is 49.6 Å². The van der Waals surface area contributed by atoms with Crippen molar-refractivity contribution in [3.8, 4) is 17.2 Å². The van der Waals surface area contributed by atoms with Gasteiger partial charge >= 0.3 is 0 Å². The Bertz CT molecular complexity index is 731. The van der Waals surface area contributed by atoms with Gasteiger partial charge in [-0.05, 0) is 42.5 Å². The van der Waals surface area contributed by atoms with E-state index in [9.17, 15) is 9.90 Å². The molecule has 0 fully saturated rings. The first-order valence-corrected chi connectivity index (χ1v) is 6.66. The van der Waals surface area contributed by atoms with E-state index < -0.39 is 0 Å². The monoisotopic (exact) mass is 298 g/mol. The Labute approximate surface area is 127 Å². The summed E-state index contributed by atoms with van der Waals surface area (Å²) >= 11 is 0. The highest BCUT2D eigenvalue weighted by Gasteiger charge is 2.15. The number of aliphatic hydroxyl groups is 1. The quantitative estimate of drug-likeness (QED) is 0.533. The average Bonchev–Trinajstić information content (AvgIpc) is 3.02. The Morgan fingerprint density at radius 3 is 2.50 bits per heavy atom. The van der Waals surface area contributed by atoms with Gasteiger partial charge in [-0.2, -0.15) is 0 Å². The van der Waals surface area contributed by atoms with E-state index in [1.807, 2.05) is 0 Å². The molecule has 112 valence electrons. The summed E-state index contributed by atoms with van der Waals surface area (Å²) in [7, 11) is 1.56. The zero-order valence-corrected chi connectivity index (χ0v) is 11.9. The van der Waals surface area contributed by atoms with E-state index in [0.717, 1.165) is 0 Å². The van der Waals surface area contributed by atoms with Crippen LogP contribution in [0.25, 0.3) is 5.76 Å². The Kier molecular flexibility index (Phi) is 3.70. The van der Waals surface area contributed by atoms with Crippen LogP contribution in [-0.2, 0) is 0 Å². The molecule has 3 rings (SSSR count). The zero-order valence-electron chi connectivity index (χ0n) is 11.9. The second kappa shape index (κ2) is 5.81. The summed E-state index contributed by atoms with van der Waals surface area (Å²) in [5.41, 5.74) is 0.958. The van der Waals surface area contributed by atoms with Crippen molar-refractivity contribution in [2.24, 2.45) is 0 Å². The molecule has 0 saturated heterocycles. The van der Waals surface area contributed by atoms with Gasteiger partial charge in [-0.25, -0.2) is 0 Å². The Balaban J connectivity index is 1.82. The van der Waals surface area contributed by atoms with Crippen LogP contribution in [0.3, 0.4) is 0 Å². The third-order valence-electron chi connectivity index (χ3n) is 3.31. The van der Waals surface area contributed by atoms with Gasteiger partial charge < -0.3 is 19.3 Å². The fourth-order valence-electron chi connectivity index (χ4n) is 2.10. The third kappa shape index (κ3) is 2.74. The number of aliphatic hydroxyl groups excluding tert-OH is 1. The highest BCUT2D eigenvalue weighted by Crippen LogP contribution is 2.34. The van der Waals surface area contributed by atoms with Crippen molar-refractivity contribution in [2.45, 2.75) is 0 Å². The van der Waals surface area contributed by atoms with Crippen molar-refractivity contribution in [3.63, 3.8) is 0 Å². The molecule has 2 aromatic rings. The molecule has 5 nitrogen and oxygen atoms in total. The topological polar surface area (TPSA) is 65.0 Å². The highest BCUT2D eigenvalue weighted by molar-refractivity contribution is 6.07. The molecule has 1 N–H and O–H groups in total. The highest BCUT2D eigenvalue weighted by atomic mass is 16.7. The standard InChI is InChI=1S/C17H14O5/c1-20-13-5-2-11(3-6-13)14(18)9-15(19)12-4-7-16-17(8-12)22-10-21-16/h2-9,19H,10H2,1H3. The molecular formula is C17H14O5. The summed E-state index contributed by atoms with van der Waals surface area (Å²) in [6.45, 7) is 0.161. The molecule has 1 heterocycles. The minimum Gasteiger partial charge on any atom is -0.507 e. The van der Waals surface area contributed by atoms with Crippen molar-refractivity contribution in [2.75, 3.05) is 13.9 Å². The van der Waals surface area contributed by atoms with E-state index >= 15 is 0 Å². The summed E-state index contributed by atoms with van der Waals surface area (Å²) in [5, 5.41) is 10.1. The first kappa shape index (κ1) is 14.0. The van der Waals surface area contributed by atoms with Crippen LogP contribution in [0.2, 0.25) is 0 Å². The van der Waals surface area contributed by atoms with Gasteiger partial charge in [-0.15, -0.1) is 0 Å². The summed E-state index contributed by atoms with van der Waals surface area (Å²) in [6, 6.07) is 11.7. The van der Waals surface area contributed by atoms with Gasteiger partial charge in [0.05, 0.1) is 7.11 Å². The molecule has 5 heteroatoms. The number of fused-ring (bicyclic) bond motifs is 1. The molecule has 0 saturated carbocycles. The number of hydrogen-bond donors (Lipinski definition) is 1. The third-order valence-corrected chi connectivity index (χ3v) is 3.31. The van der Waals surface area contributed by atoms with Gasteiger partial charge in [0.1, 0.15) is 11.5 Å². The lowest BCUT2D eigenvalue weighted by Gasteiger charge is -2.03. The SMILES string of the molecule is COc1ccc(C(=O)C=C(O)c2ccc3c(c2)OCO3)cc1. The maximum Gasteiger partial charge on any atom is 0.231 e. The number of ketones is 1. The normalized spacial score (nSPS) is 13.0. The van der Waals surface area contributed by atoms with Gasteiger partial charge in [0, 0.05) is 17.2 Å². The predicted molar refractivity (Wildman–Crippen MR) is 80.5 cm³/mol. The fraction of sp³-hybridized carbons (Fsp3) is 0.118. The molecule has 0 amide bonds. The maximum absolute atomic E-state index is 12.1. The van der Waals surface area contributed by atoms with Crippen LogP contribution in [0.5, 0.6) is 17.2 Å². The zero-order chi connectivity index (χ0) is 15.5. The van der Waals surface area contributed by atoms with Crippen molar-refractivity contribution in [3.05, 3.63) is 59.7 Å². The van der Waals surface area contributed by atoms with Crippen LogP contribution in [0.15, 0.2) is 48.5 Å². The van der Waals surface area contributed by atoms with Gasteiger partial charge in [0.15, 0.2) is 17.3 Å². The van der Waals surface area contributed by atoms with Crippen LogP contribution in [0.1, 0.15) is 15.9 Å². The van der Waals surface area contributed by atoms with Crippen LogP contribution >= 0.6 is 0 Å². The van der Waals surface area contributed by atoms with Crippen LogP contribution < -0.4 is 14.2 Å². The van der Waals surface area contributed by atoms with Crippen molar-refractivity contribution >= 4 is 11.5 Å². The molecule has 0 radical (unpaired) electrons. The van der Waals surface area contributed by atoms with Gasteiger partial charge in [0.2, 0.25) is 6.79 Å². The van der Waals surface area contributed by atoms with Crippen LogP contribution in [0.4, 0.5) is 0 Å².